The molecule has 104 valence electrons. The minimum atomic E-state index is -0.407. The molecule has 0 fully saturated rings. The van der Waals surface area contributed by atoms with Crippen molar-refractivity contribution in [1.29, 1.82) is 0 Å². The van der Waals surface area contributed by atoms with Crippen molar-refractivity contribution >= 4 is 37.5 Å². The van der Waals surface area contributed by atoms with Crippen molar-refractivity contribution in [2.24, 2.45) is 0 Å². The summed E-state index contributed by atoms with van der Waals surface area (Å²) >= 11 is 6.67. The summed E-state index contributed by atoms with van der Waals surface area (Å²) in [7, 11) is 0. The molecule has 0 spiro atoms. The minimum Gasteiger partial charge on any atom is -0.258 e. The molecule has 0 aromatic heterocycles. The number of halogens is 3. The number of hydrogen-bond donors (Lipinski definition) is 0. The molecule has 0 aliphatic rings. The number of nitrogens with zero attached hydrogens (tertiary/aromatic N) is 1. The average molecular weight is 403 g/mol. The van der Waals surface area contributed by atoms with E-state index in [1.54, 1.807) is 30.3 Å². The molecule has 0 amide bonds. The van der Waals surface area contributed by atoms with Crippen LogP contribution in [0, 0.1) is 15.9 Å². The molecule has 1 unspecified atom stereocenters. The van der Waals surface area contributed by atoms with Gasteiger partial charge >= 0.3 is 0 Å². The Morgan fingerprint density at radius 3 is 2.60 bits per heavy atom. The van der Waals surface area contributed by atoms with Gasteiger partial charge in [0.1, 0.15) is 5.82 Å². The summed E-state index contributed by atoms with van der Waals surface area (Å²) in [6.07, 6.45) is 0.402. The lowest BCUT2D eigenvalue weighted by Gasteiger charge is -2.13. The molecule has 0 N–H and O–H groups in total. The predicted molar refractivity (Wildman–Crippen MR) is 82.6 cm³/mol. The summed E-state index contributed by atoms with van der Waals surface area (Å²) < 4.78 is 13.9. The molecule has 3 nitrogen and oxygen atoms in total. The Morgan fingerprint density at radius 2 is 1.90 bits per heavy atom. The molecule has 2 rings (SSSR count). The van der Waals surface area contributed by atoms with Gasteiger partial charge in [0, 0.05) is 16.5 Å². The first-order chi connectivity index (χ1) is 9.50. The molecule has 6 heteroatoms. The van der Waals surface area contributed by atoms with Crippen LogP contribution in [-0.4, -0.2) is 4.92 Å². The third kappa shape index (κ3) is 3.24. The molecule has 0 radical (unpaired) electrons. The van der Waals surface area contributed by atoms with Gasteiger partial charge in [-0.1, -0.05) is 46.3 Å². The predicted octanol–water partition coefficient (Wildman–Crippen LogP) is 5.18. The van der Waals surface area contributed by atoms with E-state index >= 15 is 0 Å². The Morgan fingerprint density at radius 1 is 1.20 bits per heavy atom. The maximum atomic E-state index is 13.5. The van der Waals surface area contributed by atoms with Crippen LogP contribution in [0.5, 0.6) is 0 Å². The van der Waals surface area contributed by atoms with Gasteiger partial charge in [-0.05, 0) is 34.0 Å². The standard InChI is InChI=1S/C14H10Br2FNO2/c15-11(10-5-3-6-12(17)14(10)16)8-9-4-1-2-7-13(9)18(19)20/h1-7,11H,8H2. The van der Waals surface area contributed by atoms with Crippen LogP contribution in [0.3, 0.4) is 0 Å². The van der Waals surface area contributed by atoms with E-state index in [1.165, 1.54) is 12.1 Å². The third-order valence-electron chi connectivity index (χ3n) is 2.91. The summed E-state index contributed by atoms with van der Waals surface area (Å²) in [6, 6.07) is 11.3. The van der Waals surface area contributed by atoms with Crippen LogP contribution in [0.1, 0.15) is 16.0 Å². The van der Waals surface area contributed by atoms with E-state index in [0.29, 0.717) is 16.5 Å². The van der Waals surface area contributed by atoms with Crippen LogP contribution in [0.15, 0.2) is 46.9 Å². The fourth-order valence-electron chi connectivity index (χ4n) is 1.93. The van der Waals surface area contributed by atoms with E-state index in [1.807, 2.05) is 0 Å². The highest BCUT2D eigenvalue weighted by atomic mass is 79.9. The Hall–Kier alpha value is -1.27. The monoisotopic (exact) mass is 401 g/mol. The van der Waals surface area contributed by atoms with Crippen molar-refractivity contribution in [2.45, 2.75) is 11.2 Å². The first kappa shape index (κ1) is 15.1. The summed E-state index contributed by atoms with van der Waals surface area (Å²) in [4.78, 5) is 10.4. The molecule has 2 aromatic carbocycles. The maximum absolute atomic E-state index is 13.5. The molecule has 20 heavy (non-hydrogen) atoms. The fourth-order valence-corrected chi connectivity index (χ4v) is 3.51. The summed E-state index contributed by atoms with van der Waals surface area (Å²) in [6.45, 7) is 0. The SMILES string of the molecule is O=[N+]([O-])c1ccccc1CC(Br)c1cccc(F)c1Br. The molecular formula is C14H10Br2FNO2. The van der Waals surface area contributed by atoms with Crippen LogP contribution in [0.25, 0.3) is 0 Å². The smallest absolute Gasteiger partial charge is 0.258 e. The van der Waals surface area contributed by atoms with Gasteiger partial charge in [-0.15, -0.1) is 0 Å². The van der Waals surface area contributed by atoms with Gasteiger partial charge in [0.15, 0.2) is 0 Å². The zero-order valence-corrected chi connectivity index (χ0v) is 13.4. The second kappa shape index (κ2) is 6.45. The lowest BCUT2D eigenvalue weighted by Crippen LogP contribution is -2.01. The van der Waals surface area contributed by atoms with Crippen LogP contribution in [-0.2, 0) is 6.42 Å². The number of rotatable bonds is 4. The van der Waals surface area contributed by atoms with Gasteiger partial charge in [-0.25, -0.2) is 4.39 Å². The number of nitro benzene ring substituents is 1. The van der Waals surface area contributed by atoms with Crippen molar-refractivity contribution in [3.05, 3.63) is 74.0 Å². The minimum absolute atomic E-state index is 0.0736. The normalized spacial score (nSPS) is 12.2. The maximum Gasteiger partial charge on any atom is 0.272 e. The summed E-state index contributed by atoms with van der Waals surface area (Å²) in [5, 5.41) is 11.0. The first-order valence-electron chi connectivity index (χ1n) is 5.81. The number of nitro groups is 1. The first-order valence-corrected chi connectivity index (χ1v) is 7.52. The molecule has 1 atom stereocenters. The van der Waals surface area contributed by atoms with Crippen molar-refractivity contribution in [1.82, 2.24) is 0 Å². The molecule has 0 aliphatic heterocycles. The van der Waals surface area contributed by atoms with Crippen molar-refractivity contribution < 1.29 is 9.31 Å². The van der Waals surface area contributed by atoms with Gasteiger partial charge < -0.3 is 0 Å². The van der Waals surface area contributed by atoms with Crippen LogP contribution >= 0.6 is 31.9 Å². The fraction of sp³-hybridized carbons (Fsp3) is 0.143. The van der Waals surface area contributed by atoms with Gasteiger partial charge in [-0.3, -0.25) is 10.1 Å². The largest absolute Gasteiger partial charge is 0.272 e. The molecule has 0 heterocycles. The molecule has 0 saturated heterocycles. The van der Waals surface area contributed by atoms with Gasteiger partial charge in [-0.2, -0.15) is 0 Å². The molecule has 0 saturated carbocycles. The van der Waals surface area contributed by atoms with Gasteiger partial charge in [0.2, 0.25) is 0 Å². The highest BCUT2D eigenvalue weighted by molar-refractivity contribution is 9.11. The summed E-state index contributed by atoms with van der Waals surface area (Å²) in [5.41, 5.74) is 1.41. The number of para-hydroxylation sites is 1. The quantitative estimate of drug-likeness (QED) is 0.402. The van der Waals surface area contributed by atoms with E-state index in [0.717, 1.165) is 5.56 Å². The Balaban J connectivity index is 2.30. The average Bonchev–Trinajstić information content (AvgIpc) is 2.42. The Labute approximate surface area is 132 Å². The van der Waals surface area contributed by atoms with Crippen LogP contribution < -0.4 is 0 Å². The van der Waals surface area contributed by atoms with E-state index in [-0.39, 0.29) is 16.3 Å². The van der Waals surface area contributed by atoms with Crippen LogP contribution in [0.4, 0.5) is 10.1 Å². The second-order valence-electron chi connectivity index (χ2n) is 4.20. The molecule has 0 aliphatic carbocycles. The van der Waals surface area contributed by atoms with Crippen molar-refractivity contribution in [3.63, 3.8) is 0 Å². The van der Waals surface area contributed by atoms with E-state index < -0.39 is 4.92 Å². The highest BCUT2D eigenvalue weighted by Crippen LogP contribution is 2.35. The Kier molecular flexibility index (Phi) is 4.88. The molecule has 2 aromatic rings. The van der Waals surface area contributed by atoms with E-state index in [9.17, 15) is 14.5 Å². The van der Waals surface area contributed by atoms with Gasteiger partial charge in [0.25, 0.3) is 5.69 Å². The number of alkyl halides is 1. The molecular weight excluding hydrogens is 393 g/mol. The van der Waals surface area contributed by atoms with Gasteiger partial charge in [0.05, 0.1) is 9.40 Å². The van der Waals surface area contributed by atoms with E-state index in [2.05, 4.69) is 31.9 Å². The topological polar surface area (TPSA) is 43.1 Å². The lowest BCUT2D eigenvalue weighted by atomic mass is 10.0. The third-order valence-corrected chi connectivity index (χ3v) is 4.56. The summed E-state index contributed by atoms with van der Waals surface area (Å²) in [5.74, 6) is -0.352. The van der Waals surface area contributed by atoms with E-state index in [4.69, 9.17) is 0 Å². The lowest BCUT2D eigenvalue weighted by molar-refractivity contribution is -0.385. The highest BCUT2D eigenvalue weighted by Gasteiger charge is 2.19. The van der Waals surface area contributed by atoms with Crippen molar-refractivity contribution in [2.75, 3.05) is 0 Å². The Bertz CT molecular complexity index is 649. The zero-order chi connectivity index (χ0) is 14.7. The zero-order valence-electron chi connectivity index (χ0n) is 10.2. The van der Waals surface area contributed by atoms with Crippen LogP contribution in [0.2, 0.25) is 0 Å². The number of hydrogen-bond acceptors (Lipinski definition) is 2. The molecule has 0 bridgehead atoms. The number of benzene rings is 2. The van der Waals surface area contributed by atoms with Crippen molar-refractivity contribution in [3.8, 4) is 0 Å². The second-order valence-corrected chi connectivity index (χ2v) is 6.10.